The van der Waals surface area contributed by atoms with Crippen LogP contribution in [0.5, 0.6) is 0 Å². The molecule has 3 rings (SSSR count). The fraction of sp³-hybridized carbons (Fsp3) is 0.429. The van der Waals surface area contributed by atoms with Crippen molar-refractivity contribution in [3.63, 3.8) is 0 Å². The van der Waals surface area contributed by atoms with Gasteiger partial charge in [0, 0.05) is 5.92 Å². The molecule has 1 aromatic heterocycles. The molecule has 0 radical (unpaired) electrons. The molecule has 0 unspecified atom stereocenters. The largest absolute Gasteiger partial charge is 0.462 e. The number of rotatable bonds is 3. The molecule has 0 aliphatic heterocycles. The Morgan fingerprint density at radius 2 is 2.33 bits per heavy atom. The Morgan fingerprint density at radius 1 is 1.50 bits per heavy atom. The first-order valence-electron chi connectivity index (χ1n) is 6.44. The molecule has 4 heteroatoms. The quantitative estimate of drug-likeness (QED) is 0.844. The second kappa shape index (κ2) is 4.44. The Labute approximate surface area is 105 Å². The molecule has 1 saturated carbocycles. The average molecular weight is 244 g/mol. The molecule has 1 fully saturated rings. The van der Waals surface area contributed by atoms with E-state index in [0.29, 0.717) is 18.1 Å². The van der Waals surface area contributed by atoms with Gasteiger partial charge in [-0.15, -0.1) is 0 Å². The van der Waals surface area contributed by atoms with Gasteiger partial charge in [-0.05, 0) is 38.0 Å². The summed E-state index contributed by atoms with van der Waals surface area (Å²) in [5, 5.41) is 0. The topological polar surface area (TPSA) is 55.0 Å². The summed E-state index contributed by atoms with van der Waals surface area (Å²) in [4.78, 5) is 19.5. The molecular weight excluding hydrogens is 228 g/mol. The van der Waals surface area contributed by atoms with Crippen molar-refractivity contribution in [2.45, 2.75) is 32.1 Å². The van der Waals surface area contributed by atoms with Gasteiger partial charge in [0.25, 0.3) is 0 Å². The number of ether oxygens (including phenoxy) is 1. The van der Waals surface area contributed by atoms with E-state index >= 15 is 0 Å². The second-order valence-electron chi connectivity index (χ2n) is 4.70. The third-order valence-corrected chi connectivity index (χ3v) is 3.50. The Kier molecular flexibility index (Phi) is 2.78. The number of hydrogen-bond acceptors (Lipinski definition) is 3. The van der Waals surface area contributed by atoms with Gasteiger partial charge in [-0.3, -0.25) is 0 Å². The number of imidazole rings is 1. The summed E-state index contributed by atoms with van der Waals surface area (Å²) < 4.78 is 4.99. The molecule has 0 bridgehead atoms. The number of H-pyrrole nitrogens is 1. The van der Waals surface area contributed by atoms with Crippen LogP contribution in [-0.4, -0.2) is 22.5 Å². The van der Waals surface area contributed by atoms with Crippen LogP contribution < -0.4 is 0 Å². The highest BCUT2D eigenvalue weighted by Gasteiger charge is 2.22. The number of fused-ring (bicyclic) bond motifs is 1. The van der Waals surface area contributed by atoms with Crippen molar-refractivity contribution in [1.29, 1.82) is 0 Å². The molecule has 0 saturated heterocycles. The average Bonchev–Trinajstić information content (AvgIpc) is 2.68. The molecule has 94 valence electrons. The Morgan fingerprint density at radius 3 is 3.00 bits per heavy atom. The fourth-order valence-corrected chi connectivity index (χ4v) is 2.25. The fourth-order valence-electron chi connectivity index (χ4n) is 2.25. The van der Waals surface area contributed by atoms with Gasteiger partial charge in [-0.25, -0.2) is 9.78 Å². The first-order valence-corrected chi connectivity index (χ1v) is 6.44. The highest BCUT2D eigenvalue weighted by Crippen LogP contribution is 2.35. The van der Waals surface area contributed by atoms with E-state index in [2.05, 4.69) is 9.97 Å². The van der Waals surface area contributed by atoms with Crippen LogP contribution >= 0.6 is 0 Å². The number of carbonyl (C=O) groups excluding carboxylic acids is 1. The summed E-state index contributed by atoms with van der Waals surface area (Å²) in [6.07, 6.45) is 3.71. The summed E-state index contributed by atoms with van der Waals surface area (Å²) in [5.41, 5.74) is 2.42. The number of nitrogens with zero attached hydrogens (tertiary/aromatic N) is 1. The lowest BCUT2D eigenvalue weighted by Gasteiger charge is -2.22. The van der Waals surface area contributed by atoms with E-state index < -0.39 is 0 Å². The van der Waals surface area contributed by atoms with Crippen LogP contribution in [-0.2, 0) is 4.74 Å². The van der Waals surface area contributed by atoms with E-state index in [1.165, 1.54) is 19.3 Å². The van der Waals surface area contributed by atoms with Crippen LogP contribution in [0, 0.1) is 0 Å². The molecule has 0 atom stereocenters. The van der Waals surface area contributed by atoms with Gasteiger partial charge in [0.05, 0.1) is 23.2 Å². The molecule has 1 aromatic carbocycles. The minimum atomic E-state index is -0.279. The van der Waals surface area contributed by atoms with Crippen LogP contribution in [0.3, 0.4) is 0 Å². The van der Waals surface area contributed by atoms with Crippen LogP contribution in [0.15, 0.2) is 18.2 Å². The minimum absolute atomic E-state index is 0.279. The lowest BCUT2D eigenvalue weighted by Crippen LogP contribution is -2.10. The van der Waals surface area contributed by atoms with Gasteiger partial charge < -0.3 is 9.72 Å². The predicted molar refractivity (Wildman–Crippen MR) is 68.6 cm³/mol. The Hall–Kier alpha value is -1.84. The third kappa shape index (κ3) is 1.88. The number of hydrogen-bond donors (Lipinski definition) is 1. The van der Waals surface area contributed by atoms with Gasteiger partial charge in [-0.2, -0.15) is 0 Å². The van der Waals surface area contributed by atoms with Gasteiger partial charge in [0.1, 0.15) is 5.82 Å². The van der Waals surface area contributed by atoms with Crippen molar-refractivity contribution in [3.05, 3.63) is 29.6 Å². The number of carbonyl (C=O) groups is 1. The van der Waals surface area contributed by atoms with E-state index in [4.69, 9.17) is 4.74 Å². The molecule has 2 aromatic rings. The zero-order chi connectivity index (χ0) is 12.5. The standard InChI is InChI=1S/C14H16N2O2/c1-2-18-14(17)10-6-7-11-12(8-10)16-13(15-11)9-4-3-5-9/h6-9H,2-5H2,1H3,(H,15,16). The zero-order valence-electron chi connectivity index (χ0n) is 10.4. The lowest BCUT2D eigenvalue weighted by molar-refractivity contribution is 0.0526. The first kappa shape index (κ1) is 11.3. The molecule has 0 spiro atoms. The maximum absolute atomic E-state index is 11.6. The third-order valence-electron chi connectivity index (χ3n) is 3.50. The number of aromatic nitrogens is 2. The zero-order valence-corrected chi connectivity index (χ0v) is 10.4. The maximum Gasteiger partial charge on any atom is 0.338 e. The first-order chi connectivity index (χ1) is 8.78. The number of benzene rings is 1. The van der Waals surface area contributed by atoms with E-state index in [1.54, 1.807) is 13.0 Å². The number of aromatic amines is 1. The Balaban J connectivity index is 1.93. The molecule has 4 nitrogen and oxygen atoms in total. The summed E-state index contributed by atoms with van der Waals surface area (Å²) in [6, 6.07) is 5.47. The van der Waals surface area contributed by atoms with Crippen LogP contribution in [0.25, 0.3) is 11.0 Å². The van der Waals surface area contributed by atoms with Gasteiger partial charge >= 0.3 is 5.97 Å². The highest BCUT2D eigenvalue weighted by molar-refractivity contribution is 5.93. The molecule has 1 heterocycles. The maximum atomic E-state index is 11.6. The van der Waals surface area contributed by atoms with Gasteiger partial charge in [0.15, 0.2) is 0 Å². The monoisotopic (exact) mass is 244 g/mol. The molecule has 18 heavy (non-hydrogen) atoms. The van der Waals surface area contributed by atoms with Crippen molar-refractivity contribution in [2.24, 2.45) is 0 Å². The minimum Gasteiger partial charge on any atom is -0.462 e. The van der Waals surface area contributed by atoms with E-state index in [9.17, 15) is 4.79 Å². The number of nitrogens with one attached hydrogen (secondary N) is 1. The van der Waals surface area contributed by atoms with Crippen molar-refractivity contribution in [1.82, 2.24) is 9.97 Å². The van der Waals surface area contributed by atoms with Crippen molar-refractivity contribution in [2.75, 3.05) is 6.61 Å². The van der Waals surface area contributed by atoms with Crippen LogP contribution in [0.2, 0.25) is 0 Å². The van der Waals surface area contributed by atoms with Crippen LogP contribution in [0.1, 0.15) is 48.3 Å². The second-order valence-corrected chi connectivity index (χ2v) is 4.70. The van der Waals surface area contributed by atoms with Crippen molar-refractivity contribution in [3.8, 4) is 0 Å². The SMILES string of the molecule is CCOC(=O)c1ccc2nc(C3CCC3)[nH]c2c1. The molecule has 1 aliphatic rings. The molecule has 0 amide bonds. The molecular formula is C14H16N2O2. The number of esters is 1. The van der Waals surface area contributed by atoms with E-state index in [1.807, 2.05) is 12.1 Å². The lowest BCUT2D eigenvalue weighted by atomic mass is 9.85. The van der Waals surface area contributed by atoms with Crippen LogP contribution in [0.4, 0.5) is 0 Å². The van der Waals surface area contributed by atoms with Gasteiger partial charge in [-0.1, -0.05) is 6.42 Å². The highest BCUT2D eigenvalue weighted by atomic mass is 16.5. The predicted octanol–water partition coefficient (Wildman–Crippen LogP) is 3.01. The molecule has 1 N–H and O–H groups in total. The summed E-state index contributed by atoms with van der Waals surface area (Å²) >= 11 is 0. The van der Waals surface area contributed by atoms with Crippen molar-refractivity contribution < 1.29 is 9.53 Å². The summed E-state index contributed by atoms with van der Waals surface area (Å²) in [7, 11) is 0. The summed E-state index contributed by atoms with van der Waals surface area (Å²) in [6.45, 7) is 2.20. The Bertz CT molecular complexity index is 584. The van der Waals surface area contributed by atoms with E-state index in [0.717, 1.165) is 16.9 Å². The van der Waals surface area contributed by atoms with Gasteiger partial charge in [0.2, 0.25) is 0 Å². The summed E-state index contributed by atoms with van der Waals surface area (Å²) in [5.74, 6) is 1.35. The van der Waals surface area contributed by atoms with E-state index in [-0.39, 0.29) is 5.97 Å². The van der Waals surface area contributed by atoms with Crippen molar-refractivity contribution >= 4 is 17.0 Å². The smallest absolute Gasteiger partial charge is 0.338 e. The molecule has 1 aliphatic carbocycles. The normalized spacial score (nSPS) is 15.6.